The molecule has 0 aliphatic rings. The van der Waals surface area contributed by atoms with Gasteiger partial charge in [0.25, 0.3) is 0 Å². The third-order valence-electron chi connectivity index (χ3n) is 2.26. The van der Waals surface area contributed by atoms with E-state index in [0.717, 1.165) is 11.3 Å². The summed E-state index contributed by atoms with van der Waals surface area (Å²) in [7, 11) is 0. The Morgan fingerprint density at radius 3 is 2.29 bits per heavy atom. The Bertz CT molecular complexity index is 523. The Morgan fingerprint density at radius 1 is 1.00 bits per heavy atom. The molecule has 2 aromatic rings. The number of hydrazine groups is 1. The second-order valence-electron chi connectivity index (χ2n) is 3.42. The van der Waals surface area contributed by atoms with Gasteiger partial charge in [-0.05, 0) is 24.3 Å². The Morgan fingerprint density at radius 2 is 1.65 bits per heavy atom. The summed E-state index contributed by atoms with van der Waals surface area (Å²) in [5, 5.41) is 0.611. The normalized spacial score (nSPS) is 11.3. The van der Waals surface area contributed by atoms with Crippen molar-refractivity contribution in [3.8, 4) is 0 Å². The van der Waals surface area contributed by atoms with Gasteiger partial charge in [0.15, 0.2) is 0 Å². The number of hydrogen-bond donors (Lipinski definition) is 2. The van der Waals surface area contributed by atoms with E-state index in [2.05, 4.69) is 10.4 Å². The first-order chi connectivity index (χ1) is 8.31. The molecule has 4 heteroatoms. The predicted molar refractivity (Wildman–Crippen MR) is 71.4 cm³/mol. The van der Waals surface area contributed by atoms with E-state index in [1.807, 2.05) is 48.5 Å². The van der Waals surface area contributed by atoms with Crippen LogP contribution in [-0.4, -0.2) is 5.84 Å². The summed E-state index contributed by atoms with van der Waals surface area (Å²) in [6.45, 7) is 0. The van der Waals surface area contributed by atoms with Crippen LogP contribution >= 0.6 is 11.6 Å². The molecule has 86 valence electrons. The topological polar surface area (TPSA) is 50.4 Å². The van der Waals surface area contributed by atoms with E-state index in [4.69, 9.17) is 17.4 Å². The van der Waals surface area contributed by atoms with Crippen LogP contribution in [0, 0.1) is 0 Å². The third kappa shape index (κ3) is 2.84. The molecule has 0 spiro atoms. The van der Waals surface area contributed by atoms with E-state index in [0.29, 0.717) is 10.9 Å². The van der Waals surface area contributed by atoms with Crippen molar-refractivity contribution >= 4 is 23.1 Å². The molecule has 3 nitrogen and oxygen atoms in total. The first-order valence-electron chi connectivity index (χ1n) is 5.16. The molecule has 0 fully saturated rings. The van der Waals surface area contributed by atoms with Crippen LogP contribution in [0.3, 0.4) is 0 Å². The van der Waals surface area contributed by atoms with E-state index < -0.39 is 0 Å². The lowest BCUT2D eigenvalue weighted by Crippen LogP contribution is -2.31. The van der Waals surface area contributed by atoms with Crippen LogP contribution in [0.4, 0.5) is 5.69 Å². The lowest BCUT2D eigenvalue weighted by atomic mass is 10.2. The minimum Gasteiger partial charge on any atom is -0.308 e. The number of rotatable bonds is 2. The monoisotopic (exact) mass is 245 g/mol. The van der Waals surface area contributed by atoms with Gasteiger partial charge in [-0.1, -0.05) is 41.9 Å². The zero-order chi connectivity index (χ0) is 12.1. The van der Waals surface area contributed by atoms with Gasteiger partial charge in [0.05, 0.1) is 10.7 Å². The van der Waals surface area contributed by atoms with Crippen molar-refractivity contribution in [3.63, 3.8) is 0 Å². The largest absolute Gasteiger partial charge is 0.308 e. The molecule has 0 radical (unpaired) electrons. The highest BCUT2D eigenvalue weighted by Crippen LogP contribution is 2.18. The lowest BCUT2D eigenvalue weighted by Gasteiger charge is -2.07. The molecule has 0 aliphatic heterocycles. The highest BCUT2D eigenvalue weighted by atomic mass is 35.5. The minimum atomic E-state index is 0.543. The maximum Gasteiger partial charge on any atom is 0.149 e. The molecule has 0 aromatic heterocycles. The van der Waals surface area contributed by atoms with Crippen molar-refractivity contribution in [3.05, 3.63) is 65.2 Å². The molecule has 0 atom stereocenters. The van der Waals surface area contributed by atoms with Crippen LogP contribution in [0.5, 0.6) is 0 Å². The maximum absolute atomic E-state index is 6.09. The fourth-order valence-electron chi connectivity index (χ4n) is 1.46. The van der Waals surface area contributed by atoms with Crippen molar-refractivity contribution < 1.29 is 0 Å². The lowest BCUT2D eigenvalue weighted by molar-refractivity contribution is 1.02. The molecule has 0 heterocycles. The van der Waals surface area contributed by atoms with Gasteiger partial charge >= 0.3 is 0 Å². The SMILES string of the molecule is NNC(=Nc1ccccc1)c1ccccc1Cl. The van der Waals surface area contributed by atoms with Crippen molar-refractivity contribution in [2.45, 2.75) is 0 Å². The molecule has 2 rings (SSSR count). The van der Waals surface area contributed by atoms with E-state index in [-0.39, 0.29) is 0 Å². The average molecular weight is 246 g/mol. The molecule has 0 saturated carbocycles. The smallest absolute Gasteiger partial charge is 0.149 e. The number of amidine groups is 1. The predicted octanol–water partition coefficient (Wildman–Crippen LogP) is 2.88. The zero-order valence-corrected chi connectivity index (χ0v) is 9.85. The summed E-state index contributed by atoms with van der Waals surface area (Å²) >= 11 is 6.09. The van der Waals surface area contributed by atoms with Gasteiger partial charge in [-0.3, -0.25) is 0 Å². The van der Waals surface area contributed by atoms with E-state index >= 15 is 0 Å². The minimum absolute atomic E-state index is 0.543. The van der Waals surface area contributed by atoms with Gasteiger partial charge in [0, 0.05) is 5.56 Å². The van der Waals surface area contributed by atoms with Crippen LogP contribution in [0.15, 0.2) is 59.6 Å². The molecule has 0 amide bonds. The first kappa shape index (κ1) is 11.6. The number of hydrogen-bond acceptors (Lipinski definition) is 2. The molecule has 17 heavy (non-hydrogen) atoms. The number of nitrogens with one attached hydrogen (secondary N) is 1. The third-order valence-corrected chi connectivity index (χ3v) is 2.59. The summed E-state index contributed by atoms with van der Waals surface area (Å²) in [6.07, 6.45) is 0. The van der Waals surface area contributed by atoms with Crippen LogP contribution in [0.1, 0.15) is 5.56 Å². The Kier molecular flexibility index (Phi) is 3.75. The molecule has 3 N–H and O–H groups in total. The van der Waals surface area contributed by atoms with Crippen LogP contribution in [0.25, 0.3) is 0 Å². The summed E-state index contributed by atoms with van der Waals surface area (Å²) in [5.41, 5.74) is 4.17. The quantitative estimate of drug-likeness (QED) is 0.370. The first-order valence-corrected chi connectivity index (χ1v) is 5.54. The van der Waals surface area contributed by atoms with Crippen molar-refractivity contribution in [1.82, 2.24) is 5.43 Å². The number of nitrogens with zero attached hydrogens (tertiary/aromatic N) is 1. The van der Waals surface area contributed by atoms with Gasteiger partial charge in [0.2, 0.25) is 0 Å². The molecular weight excluding hydrogens is 234 g/mol. The van der Waals surface area contributed by atoms with Crippen molar-refractivity contribution in [1.29, 1.82) is 0 Å². The van der Waals surface area contributed by atoms with E-state index in [1.165, 1.54) is 0 Å². The number of para-hydroxylation sites is 1. The van der Waals surface area contributed by atoms with Gasteiger partial charge in [0.1, 0.15) is 5.84 Å². The van der Waals surface area contributed by atoms with Gasteiger partial charge in [-0.25, -0.2) is 10.8 Å². The molecule has 0 saturated heterocycles. The molecule has 0 bridgehead atoms. The fraction of sp³-hybridized carbons (Fsp3) is 0. The van der Waals surface area contributed by atoms with E-state index in [1.54, 1.807) is 6.07 Å². The Balaban J connectivity index is 2.41. The number of benzene rings is 2. The van der Waals surface area contributed by atoms with Crippen molar-refractivity contribution in [2.75, 3.05) is 0 Å². The highest BCUT2D eigenvalue weighted by molar-refractivity contribution is 6.34. The van der Waals surface area contributed by atoms with Crippen LogP contribution in [-0.2, 0) is 0 Å². The summed E-state index contributed by atoms with van der Waals surface area (Å²) in [6, 6.07) is 17.0. The average Bonchev–Trinajstić information content (AvgIpc) is 2.38. The molecule has 0 unspecified atom stereocenters. The van der Waals surface area contributed by atoms with Crippen molar-refractivity contribution in [2.24, 2.45) is 10.8 Å². The second-order valence-corrected chi connectivity index (χ2v) is 3.83. The Hall–Kier alpha value is -1.84. The van der Waals surface area contributed by atoms with Crippen LogP contribution < -0.4 is 11.3 Å². The zero-order valence-electron chi connectivity index (χ0n) is 9.10. The highest BCUT2D eigenvalue weighted by Gasteiger charge is 2.05. The molecular formula is C13H12ClN3. The second kappa shape index (κ2) is 5.48. The van der Waals surface area contributed by atoms with E-state index in [9.17, 15) is 0 Å². The van der Waals surface area contributed by atoms with Gasteiger partial charge < -0.3 is 5.43 Å². The maximum atomic E-state index is 6.09. The summed E-state index contributed by atoms with van der Waals surface area (Å²) in [5.74, 6) is 6.03. The summed E-state index contributed by atoms with van der Waals surface area (Å²) < 4.78 is 0. The fourth-order valence-corrected chi connectivity index (χ4v) is 1.68. The summed E-state index contributed by atoms with van der Waals surface area (Å²) in [4.78, 5) is 4.40. The Labute approximate surface area is 105 Å². The van der Waals surface area contributed by atoms with Gasteiger partial charge in [-0.2, -0.15) is 0 Å². The number of halogens is 1. The standard InChI is InChI=1S/C13H12ClN3/c14-12-9-5-4-8-11(12)13(17-15)16-10-6-2-1-3-7-10/h1-9H,15H2,(H,16,17). The molecule has 0 aliphatic carbocycles. The molecule has 2 aromatic carbocycles. The van der Waals surface area contributed by atoms with Crippen LogP contribution in [0.2, 0.25) is 5.02 Å². The number of aliphatic imine (C=N–C) groups is 1. The van der Waals surface area contributed by atoms with Gasteiger partial charge in [-0.15, -0.1) is 0 Å². The number of nitrogens with two attached hydrogens (primary N) is 1.